The van der Waals surface area contributed by atoms with Crippen LogP contribution in [0.25, 0.3) is 0 Å². The van der Waals surface area contributed by atoms with Gasteiger partial charge >= 0.3 is 0 Å². The van der Waals surface area contributed by atoms with Crippen LogP contribution in [-0.2, 0) is 6.42 Å². The second-order valence-corrected chi connectivity index (χ2v) is 2.80. The maximum atomic E-state index is 5.43. The Morgan fingerprint density at radius 2 is 2.21 bits per heavy atom. The third-order valence-corrected chi connectivity index (χ3v) is 1.73. The number of hydrogen-bond donors (Lipinski definition) is 1. The highest BCUT2D eigenvalue weighted by Crippen LogP contribution is 2.02. The van der Waals surface area contributed by atoms with Crippen molar-refractivity contribution in [2.45, 2.75) is 6.42 Å². The Balaban J connectivity index is 2.19. The number of rotatable bonds is 2. The largest absolute Gasteiger partial charge is 0.368 e. The first-order valence-corrected chi connectivity index (χ1v) is 4.17. The number of nitrogens with two attached hydrogens (primary N) is 1. The minimum Gasteiger partial charge on any atom is -0.368 e. The van der Waals surface area contributed by atoms with Crippen LogP contribution in [0.4, 0.5) is 5.95 Å². The van der Waals surface area contributed by atoms with Gasteiger partial charge in [0.15, 0.2) is 0 Å². The summed E-state index contributed by atoms with van der Waals surface area (Å²) in [6.45, 7) is 0. The van der Waals surface area contributed by atoms with Crippen LogP contribution in [0, 0.1) is 0 Å². The van der Waals surface area contributed by atoms with Gasteiger partial charge in [0, 0.05) is 18.8 Å². The minimum atomic E-state index is 0.249. The number of aromatic nitrogens is 4. The minimum absolute atomic E-state index is 0.249. The van der Waals surface area contributed by atoms with E-state index in [1.165, 1.54) is 6.33 Å². The molecule has 2 N–H and O–H groups in total. The molecule has 70 valence electrons. The van der Waals surface area contributed by atoms with Crippen molar-refractivity contribution in [3.05, 3.63) is 42.2 Å². The molecule has 2 aromatic rings. The molecule has 2 rings (SSSR count). The van der Waals surface area contributed by atoms with E-state index in [-0.39, 0.29) is 5.95 Å². The van der Waals surface area contributed by atoms with E-state index in [0.29, 0.717) is 12.2 Å². The van der Waals surface area contributed by atoms with Crippen LogP contribution in [0.5, 0.6) is 0 Å². The molecule has 0 radical (unpaired) electrons. The van der Waals surface area contributed by atoms with Crippen LogP contribution in [0.15, 0.2) is 30.9 Å². The highest BCUT2D eigenvalue weighted by atomic mass is 15.1. The summed E-state index contributed by atoms with van der Waals surface area (Å²) in [4.78, 5) is 15.7. The Hall–Kier alpha value is -2.04. The molecule has 0 saturated carbocycles. The van der Waals surface area contributed by atoms with Gasteiger partial charge in [-0.2, -0.15) is 4.98 Å². The predicted octanol–water partition coefficient (Wildman–Crippen LogP) is 0.440. The molecule has 0 amide bonds. The van der Waals surface area contributed by atoms with Gasteiger partial charge in [0.25, 0.3) is 0 Å². The molecule has 0 aromatic carbocycles. The molecule has 0 aliphatic carbocycles. The summed E-state index contributed by atoms with van der Waals surface area (Å²) in [5.41, 5.74) is 6.49. The third kappa shape index (κ3) is 2.01. The molecule has 0 atom stereocenters. The van der Waals surface area contributed by atoms with E-state index in [4.69, 9.17) is 5.73 Å². The second-order valence-electron chi connectivity index (χ2n) is 2.80. The van der Waals surface area contributed by atoms with Gasteiger partial charge in [-0.3, -0.25) is 4.98 Å². The number of anilines is 1. The topological polar surface area (TPSA) is 77.6 Å². The summed E-state index contributed by atoms with van der Waals surface area (Å²) in [5.74, 6) is 0.907. The molecule has 0 unspecified atom stereocenters. The summed E-state index contributed by atoms with van der Waals surface area (Å²) in [6.07, 6.45) is 5.54. The van der Waals surface area contributed by atoms with Crippen LogP contribution in [0.2, 0.25) is 0 Å². The van der Waals surface area contributed by atoms with E-state index < -0.39 is 0 Å². The van der Waals surface area contributed by atoms with E-state index in [9.17, 15) is 0 Å². The Morgan fingerprint density at radius 1 is 1.29 bits per heavy atom. The summed E-state index contributed by atoms with van der Waals surface area (Å²) in [7, 11) is 0. The van der Waals surface area contributed by atoms with Crippen LogP contribution >= 0.6 is 0 Å². The molecule has 14 heavy (non-hydrogen) atoms. The molecular formula is C9H9N5. The fourth-order valence-electron chi connectivity index (χ4n) is 1.12. The van der Waals surface area contributed by atoms with Gasteiger partial charge in [0.2, 0.25) is 5.95 Å². The lowest BCUT2D eigenvalue weighted by atomic mass is 10.2. The lowest BCUT2D eigenvalue weighted by Gasteiger charge is -1.99. The average molecular weight is 187 g/mol. The summed E-state index contributed by atoms with van der Waals surface area (Å²) in [5, 5.41) is 0. The van der Waals surface area contributed by atoms with Gasteiger partial charge in [-0.15, -0.1) is 0 Å². The third-order valence-electron chi connectivity index (χ3n) is 1.73. The van der Waals surface area contributed by atoms with Crippen LogP contribution in [0.1, 0.15) is 11.4 Å². The summed E-state index contributed by atoms with van der Waals surface area (Å²) in [6, 6.07) is 3.84. The first kappa shape index (κ1) is 8.55. The number of pyridine rings is 1. The lowest BCUT2D eigenvalue weighted by Crippen LogP contribution is -2.02. The van der Waals surface area contributed by atoms with E-state index >= 15 is 0 Å². The Labute approximate surface area is 81.1 Å². The molecule has 0 saturated heterocycles. The highest BCUT2D eigenvalue weighted by Gasteiger charge is 1.99. The van der Waals surface area contributed by atoms with Crippen LogP contribution in [-0.4, -0.2) is 19.9 Å². The normalized spacial score (nSPS) is 10.0. The number of nitrogen functional groups attached to an aromatic ring is 1. The molecule has 0 spiro atoms. The van der Waals surface area contributed by atoms with Crippen molar-refractivity contribution in [2.24, 2.45) is 0 Å². The zero-order chi connectivity index (χ0) is 9.80. The van der Waals surface area contributed by atoms with Crippen molar-refractivity contribution in [1.29, 1.82) is 0 Å². The molecular weight excluding hydrogens is 178 g/mol. The molecule has 2 aromatic heterocycles. The quantitative estimate of drug-likeness (QED) is 0.738. The van der Waals surface area contributed by atoms with Crippen molar-refractivity contribution < 1.29 is 0 Å². The van der Waals surface area contributed by atoms with Crippen molar-refractivity contribution in [3.8, 4) is 0 Å². The van der Waals surface area contributed by atoms with Gasteiger partial charge in [-0.1, -0.05) is 6.07 Å². The monoisotopic (exact) mass is 187 g/mol. The van der Waals surface area contributed by atoms with Crippen molar-refractivity contribution in [1.82, 2.24) is 19.9 Å². The standard InChI is InChI=1S/C9H9N5/c10-9-13-6-12-8(14-9)4-7-2-1-3-11-5-7/h1-3,5-6H,4H2,(H2,10,12,13,14). The van der Waals surface area contributed by atoms with Gasteiger partial charge in [-0.25, -0.2) is 9.97 Å². The van der Waals surface area contributed by atoms with Crippen LogP contribution < -0.4 is 5.73 Å². The SMILES string of the molecule is Nc1ncnc(Cc2cccnc2)n1. The highest BCUT2D eigenvalue weighted by molar-refractivity contribution is 5.18. The van der Waals surface area contributed by atoms with Crippen molar-refractivity contribution in [3.63, 3.8) is 0 Å². The average Bonchev–Trinajstić information content (AvgIpc) is 2.19. The lowest BCUT2D eigenvalue weighted by molar-refractivity contribution is 0.924. The van der Waals surface area contributed by atoms with E-state index in [2.05, 4.69) is 19.9 Å². The van der Waals surface area contributed by atoms with Crippen molar-refractivity contribution >= 4 is 5.95 Å². The smallest absolute Gasteiger partial charge is 0.223 e. The van der Waals surface area contributed by atoms with Gasteiger partial charge < -0.3 is 5.73 Å². The van der Waals surface area contributed by atoms with Crippen LogP contribution in [0.3, 0.4) is 0 Å². The number of hydrogen-bond acceptors (Lipinski definition) is 5. The van der Waals surface area contributed by atoms with Gasteiger partial charge in [-0.05, 0) is 11.6 Å². The Bertz CT molecular complexity index is 415. The maximum absolute atomic E-state index is 5.43. The second kappa shape index (κ2) is 3.78. The summed E-state index contributed by atoms with van der Waals surface area (Å²) >= 11 is 0. The molecule has 5 heteroatoms. The molecule has 2 heterocycles. The van der Waals surface area contributed by atoms with Crippen molar-refractivity contribution in [2.75, 3.05) is 5.73 Å². The first-order valence-electron chi connectivity index (χ1n) is 4.17. The first-order chi connectivity index (χ1) is 6.84. The Kier molecular flexibility index (Phi) is 2.31. The maximum Gasteiger partial charge on any atom is 0.223 e. The molecule has 5 nitrogen and oxygen atoms in total. The molecule has 0 aliphatic heterocycles. The zero-order valence-corrected chi connectivity index (χ0v) is 7.46. The van der Waals surface area contributed by atoms with Gasteiger partial charge in [0.1, 0.15) is 12.2 Å². The summed E-state index contributed by atoms with van der Waals surface area (Å²) < 4.78 is 0. The predicted molar refractivity (Wildman–Crippen MR) is 51.3 cm³/mol. The fraction of sp³-hybridized carbons (Fsp3) is 0.111. The van der Waals surface area contributed by atoms with E-state index in [0.717, 1.165) is 5.56 Å². The van der Waals surface area contributed by atoms with Gasteiger partial charge in [0.05, 0.1) is 0 Å². The van der Waals surface area contributed by atoms with E-state index in [1.54, 1.807) is 12.4 Å². The molecule has 0 fully saturated rings. The fourth-order valence-corrected chi connectivity index (χ4v) is 1.12. The zero-order valence-electron chi connectivity index (χ0n) is 7.46. The molecule has 0 bridgehead atoms. The number of nitrogens with zero attached hydrogens (tertiary/aromatic N) is 4. The molecule has 0 aliphatic rings. The Morgan fingerprint density at radius 3 is 2.93 bits per heavy atom. The van der Waals surface area contributed by atoms with E-state index in [1.807, 2.05) is 12.1 Å².